The van der Waals surface area contributed by atoms with Crippen LogP contribution in [-0.4, -0.2) is 135 Å². The SMILES string of the molecule is C.CC(=O)CCC(=O)O.CC(=O)[C@@H](O)[C@@H](O)C(=O)O.CC(=O)[C@@H](O)[C@H](O)C(=O)O.CC(=O)[C@H](O)[C@@H](O)C(=O)O. The van der Waals surface area contributed by atoms with Gasteiger partial charge in [0.15, 0.2) is 35.7 Å². The van der Waals surface area contributed by atoms with Gasteiger partial charge >= 0.3 is 23.9 Å². The number of ketones is 4. The topological polar surface area (TPSA) is 339 Å². The lowest BCUT2D eigenvalue weighted by atomic mass is 10.1. The summed E-state index contributed by atoms with van der Waals surface area (Å²) in [6.07, 6.45) is -11.4. The molecule has 6 atom stereocenters. The third-order valence-electron chi connectivity index (χ3n) is 3.60. The van der Waals surface area contributed by atoms with E-state index in [0.717, 1.165) is 20.8 Å². The zero-order chi connectivity index (χ0) is 31.5. The van der Waals surface area contributed by atoms with E-state index in [1.165, 1.54) is 6.92 Å². The second-order valence-corrected chi connectivity index (χ2v) is 7.11. The van der Waals surface area contributed by atoms with Crippen LogP contribution >= 0.6 is 0 Å². The fraction of sp³-hybridized carbons (Fsp3) is 0.619. The fourth-order valence-corrected chi connectivity index (χ4v) is 1.36. The van der Waals surface area contributed by atoms with Crippen LogP contribution in [0, 0.1) is 0 Å². The van der Waals surface area contributed by atoms with Gasteiger partial charge in [0.1, 0.15) is 24.1 Å². The summed E-state index contributed by atoms with van der Waals surface area (Å²) in [7, 11) is 0. The number of hydrogen-bond donors (Lipinski definition) is 10. The van der Waals surface area contributed by atoms with E-state index in [1.54, 1.807) is 0 Å². The van der Waals surface area contributed by atoms with Crippen molar-refractivity contribution in [1.29, 1.82) is 0 Å². The molecule has 0 aliphatic heterocycles. The van der Waals surface area contributed by atoms with Crippen molar-refractivity contribution < 1.29 is 89.4 Å². The Labute approximate surface area is 221 Å². The van der Waals surface area contributed by atoms with Gasteiger partial charge in [-0.3, -0.25) is 19.2 Å². The van der Waals surface area contributed by atoms with Crippen LogP contribution in [0.2, 0.25) is 0 Å². The lowest BCUT2D eigenvalue weighted by Gasteiger charge is -2.08. The van der Waals surface area contributed by atoms with Crippen molar-refractivity contribution in [3.8, 4) is 0 Å². The Kier molecular flexibility index (Phi) is 27.2. The molecule has 0 bridgehead atoms. The molecule has 18 heteroatoms. The second kappa shape index (κ2) is 23.4. The normalized spacial score (nSPS) is 14.0. The predicted molar refractivity (Wildman–Crippen MR) is 125 cm³/mol. The molecule has 0 aliphatic carbocycles. The number of Topliss-reactive ketones (excluding diaryl/α,β-unsaturated/α-hetero) is 4. The molecule has 0 unspecified atom stereocenters. The molecule has 0 saturated heterocycles. The summed E-state index contributed by atoms with van der Waals surface area (Å²) in [5.74, 6) is -8.12. The van der Waals surface area contributed by atoms with Crippen molar-refractivity contribution in [2.75, 3.05) is 0 Å². The third kappa shape index (κ3) is 25.7. The van der Waals surface area contributed by atoms with Crippen LogP contribution in [0.4, 0.5) is 0 Å². The van der Waals surface area contributed by atoms with Gasteiger partial charge in [-0.25, -0.2) is 14.4 Å². The Morgan fingerprint density at radius 3 is 0.692 bits per heavy atom. The van der Waals surface area contributed by atoms with E-state index in [9.17, 15) is 38.4 Å². The Morgan fingerprint density at radius 2 is 0.641 bits per heavy atom. The lowest BCUT2D eigenvalue weighted by Crippen LogP contribution is -2.38. The first-order valence-electron chi connectivity index (χ1n) is 10.0. The van der Waals surface area contributed by atoms with Gasteiger partial charge in [-0.15, -0.1) is 0 Å². The summed E-state index contributed by atoms with van der Waals surface area (Å²) in [6, 6.07) is 0. The van der Waals surface area contributed by atoms with Gasteiger partial charge in [-0.1, -0.05) is 7.43 Å². The monoisotopic (exact) mass is 576 g/mol. The first-order valence-corrected chi connectivity index (χ1v) is 10.0. The molecule has 18 nitrogen and oxygen atoms in total. The number of carboxylic acids is 4. The minimum Gasteiger partial charge on any atom is -0.481 e. The first-order chi connectivity index (χ1) is 17.0. The van der Waals surface area contributed by atoms with Gasteiger partial charge in [-0.05, 0) is 27.7 Å². The number of hydrogen-bond acceptors (Lipinski definition) is 14. The smallest absolute Gasteiger partial charge is 0.335 e. The predicted octanol–water partition coefficient (Wildman–Crippen LogP) is -3.78. The van der Waals surface area contributed by atoms with Crippen LogP contribution in [-0.2, 0) is 38.4 Å². The molecule has 10 N–H and O–H groups in total. The van der Waals surface area contributed by atoms with E-state index in [1.807, 2.05) is 0 Å². The van der Waals surface area contributed by atoms with Crippen molar-refractivity contribution in [3.63, 3.8) is 0 Å². The van der Waals surface area contributed by atoms with Crippen molar-refractivity contribution in [1.82, 2.24) is 0 Å². The lowest BCUT2D eigenvalue weighted by molar-refractivity contribution is -0.157. The molecule has 0 radical (unpaired) electrons. The molecule has 0 fully saturated rings. The summed E-state index contributed by atoms with van der Waals surface area (Å²) >= 11 is 0. The summed E-state index contributed by atoms with van der Waals surface area (Å²) in [4.78, 5) is 80.1. The maximum absolute atomic E-state index is 10.2. The molecular formula is C21H36O18. The number of aliphatic hydroxyl groups is 6. The molecule has 39 heavy (non-hydrogen) atoms. The average Bonchev–Trinajstić information content (AvgIpc) is 2.80. The minimum atomic E-state index is -2.02. The van der Waals surface area contributed by atoms with E-state index < -0.39 is 77.9 Å². The molecular weight excluding hydrogens is 540 g/mol. The Balaban J connectivity index is -0.000000131. The van der Waals surface area contributed by atoms with E-state index >= 15 is 0 Å². The maximum Gasteiger partial charge on any atom is 0.335 e. The third-order valence-corrected chi connectivity index (χ3v) is 3.60. The van der Waals surface area contributed by atoms with Crippen LogP contribution in [0.1, 0.15) is 48.0 Å². The Hall–Kier alpha value is -3.68. The largest absolute Gasteiger partial charge is 0.481 e. The number of aliphatic carboxylic acids is 4. The minimum absolute atomic E-state index is 0. The Morgan fingerprint density at radius 1 is 0.436 bits per heavy atom. The molecule has 0 saturated carbocycles. The van der Waals surface area contributed by atoms with Crippen molar-refractivity contribution >= 4 is 47.0 Å². The highest BCUT2D eigenvalue weighted by Gasteiger charge is 2.28. The average molecular weight is 577 g/mol. The van der Waals surface area contributed by atoms with Gasteiger partial charge in [0, 0.05) is 6.42 Å². The molecule has 228 valence electrons. The first kappa shape index (κ1) is 45.3. The van der Waals surface area contributed by atoms with Gasteiger partial charge in [0.25, 0.3) is 0 Å². The van der Waals surface area contributed by atoms with Gasteiger partial charge < -0.3 is 55.9 Å². The molecule has 0 spiro atoms. The van der Waals surface area contributed by atoms with E-state index in [0.29, 0.717) is 0 Å². The standard InChI is InChI=1S/3C5H8O5.C5H8O3.CH4/c3*1-2(6)3(7)4(8)5(9)10;1-4(6)2-3-5(7)8;/h3*3-4,7-8H,1H3,(H,9,10);2-3H2,1H3,(H,7,8);1H4/t2*3-,4+;3-,4-;;/m101../s1. The van der Waals surface area contributed by atoms with Gasteiger partial charge in [0.05, 0.1) is 6.42 Å². The molecule has 0 aliphatic rings. The highest BCUT2D eigenvalue weighted by atomic mass is 16.4. The van der Waals surface area contributed by atoms with Crippen LogP contribution in [0.25, 0.3) is 0 Å². The summed E-state index contributed by atoms with van der Waals surface area (Å²) in [6.45, 7) is 4.37. The summed E-state index contributed by atoms with van der Waals surface area (Å²) in [5, 5.41) is 83.4. The number of carboxylic acid groups (broad SMARTS) is 4. The van der Waals surface area contributed by atoms with E-state index in [-0.39, 0.29) is 26.1 Å². The van der Waals surface area contributed by atoms with Crippen LogP contribution < -0.4 is 0 Å². The highest BCUT2D eigenvalue weighted by Crippen LogP contribution is 1.95. The van der Waals surface area contributed by atoms with Crippen LogP contribution in [0.15, 0.2) is 0 Å². The maximum atomic E-state index is 10.2. The van der Waals surface area contributed by atoms with E-state index in [4.69, 9.17) is 51.1 Å². The van der Waals surface area contributed by atoms with Crippen molar-refractivity contribution in [2.45, 2.75) is 84.6 Å². The van der Waals surface area contributed by atoms with Crippen LogP contribution in [0.3, 0.4) is 0 Å². The second-order valence-electron chi connectivity index (χ2n) is 7.11. The molecule has 0 amide bonds. The fourth-order valence-electron chi connectivity index (χ4n) is 1.36. The number of carbonyl (C=O) groups excluding carboxylic acids is 4. The zero-order valence-corrected chi connectivity index (χ0v) is 20.6. The molecule has 0 heterocycles. The highest BCUT2D eigenvalue weighted by molar-refractivity contribution is 5.88. The molecule has 0 aromatic rings. The van der Waals surface area contributed by atoms with Crippen molar-refractivity contribution in [2.24, 2.45) is 0 Å². The van der Waals surface area contributed by atoms with Crippen LogP contribution in [0.5, 0.6) is 0 Å². The molecule has 0 aromatic carbocycles. The number of carbonyl (C=O) groups is 8. The quantitative estimate of drug-likeness (QED) is 0.106. The summed E-state index contributed by atoms with van der Waals surface area (Å²) < 4.78 is 0. The number of aliphatic hydroxyl groups excluding tert-OH is 6. The number of rotatable bonds is 12. The zero-order valence-electron chi connectivity index (χ0n) is 20.6. The molecule has 0 aromatic heterocycles. The summed E-state index contributed by atoms with van der Waals surface area (Å²) in [5.41, 5.74) is 0. The molecule has 0 rings (SSSR count). The van der Waals surface area contributed by atoms with Crippen molar-refractivity contribution in [3.05, 3.63) is 0 Å². The Bertz CT molecular complexity index is 681. The van der Waals surface area contributed by atoms with Gasteiger partial charge in [-0.2, -0.15) is 0 Å². The van der Waals surface area contributed by atoms with E-state index in [2.05, 4.69) is 0 Å². The van der Waals surface area contributed by atoms with Gasteiger partial charge in [0.2, 0.25) is 0 Å².